The third-order valence-electron chi connectivity index (χ3n) is 3.19. The first-order chi connectivity index (χ1) is 10.6. The minimum absolute atomic E-state index is 0.0474. The quantitative estimate of drug-likeness (QED) is 0.799. The molecule has 0 spiro atoms. The number of carboxylic acids is 1. The first kappa shape index (κ1) is 16.7. The lowest BCUT2D eigenvalue weighted by atomic mass is 10.1. The number of hydrogen-bond donors (Lipinski definition) is 2. The highest BCUT2D eigenvalue weighted by molar-refractivity contribution is 5.95. The van der Waals surface area contributed by atoms with E-state index < -0.39 is 34.9 Å². The number of carboxylic acid groups (broad SMARTS) is 1. The van der Waals surface area contributed by atoms with E-state index in [4.69, 9.17) is 5.11 Å². The zero-order valence-electron chi connectivity index (χ0n) is 11.6. The zero-order valence-corrected chi connectivity index (χ0v) is 11.6. The van der Waals surface area contributed by atoms with E-state index in [0.717, 1.165) is 18.2 Å². The average Bonchev–Trinajstić information content (AvgIpc) is 2.47. The molecule has 8 heteroatoms. The summed E-state index contributed by atoms with van der Waals surface area (Å²) in [6.07, 6.45) is -4.69. The fourth-order valence-electron chi connectivity index (χ4n) is 1.94. The Morgan fingerprint density at radius 3 is 2.26 bits per heavy atom. The minimum Gasteiger partial charge on any atom is -0.478 e. The van der Waals surface area contributed by atoms with Crippen LogP contribution in [-0.2, 0) is 6.18 Å². The van der Waals surface area contributed by atoms with Crippen LogP contribution in [0.3, 0.4) is 0 Å². The molecule has 0 fully saturated rings. The summed E-state index contributed by atoms with van der Waals surface area (Å²) in [5, 5.41) is 11.6. The molecule has 2 aromatic rings. The Morgan fingerprint density at radius 1 is 1.09 bits per heavy atom. The molecule has 3 nitrogen and oxygen atoms in total. The van der Waals surface area contributed by atoms with Gasteiger partial charge in [-0.3, -0.25) is 0 Å². The highest BCUT2D eigenvalue weighted by atomic mass is 19.4. The fraction of sp³-hybridized carbons (Fsp3) is 0.133. The largest absolute Gasteiger partial charge is 0.478 e. The predicted molar refractivity (Wildman–Crippen MR) is 72.8 cm³/mol. The molecular formula is C15H10F5NO2. The Kier molecular flexibility index (Phi) is 4.26. The first-order valence-corrected chi connectivity index (χ1v) is 6.27. The van der Waals surface area contributed by atoms with Crippen LogP contribution in [-0.4, -0.2) is 11.1 Å². The molecule has 0 bridgehead atoms. The van der Waals surface area contributed by atoms with Gasteiger partial charge in [-0.05, 0) is 37.3 Å². The molecule has 0 atom stereocenters. The standard InChI is InChI=1S/C15H10F5NO2/c1-7-11(5-3-10(16)13(7)17)21-12-4-2-8(15(18,19)20)6-9(12)14(22)23/h2-6,21H,1H3,(H,22,23). The van der Waals surface area contributed by atoms with Crippen molar-refractivity contribution in [3.05, 3.63) is 58.7 Å². The van der Waals surface area contributed by atoms with Crippen LogP contribution in [0.2, 0.25) is 0 Å². The van der Waals surface area contributed by atoms with Crippen LogP contribution in [0.15, 0.2) is 30.3 Å². The number of benzene rings is 2. The van der Waals surface area contributed by atoms with Crippen molar-refractivity contribution >= 4 is 17.3 Å². The van der Waals surface area contributed by atoms with E-state index in [9.17, 15) is 26.7 Å². The van der Waals surface area contributed by atoms with Crippen molar-refractivity contribution in [2.75, 3.05) is 5.32 Å². The van der Waals surface area contributed by atoms with E-state index in [-0.39, 0.29) is 16.9 Å². The van der Waals surface area contributed by atoms with Crippen molar-refractivity contribution < 1.29 is 31.9 Å². The number of aromatic carboxylic acids is 1. The van der Waals surface area contributed by atoms with Gasteiger partial charge in [0.1, 0.15) is 0 Å². The second-order valence-electron chi connectivity index (χ2n) is 4.72. The van der Waals surface area contributed by atoms with Crippen LogP contribution >= 0.6 is 0 Å². The lowest BCUT2D eigenvalue weighted by Gasteiger charge is -2.15. The zero-order chi connectivity index (χ0) is 17.4. The Labute approximate surface area is 127 Å². The molecule has 0 saturated heterocycles. The van der Waals surface area contributed by atoms with Gasteiger partial charge in [-0.25, -0.2) is 13.6 Å². The number of hydrogen-bond acceptors (Lipinski definition) is 2. The van der Waals surface area contributed by atoms with E-state index in [1.807, 2.05) is 0 Å². The number of nitrogens with one attached hydrogen (secondary N) is 1. The predicted octanol–water partition coefficient (Wildman–Crippen LogP) is 4.73. The number of carbonyl (C=O) groups is 1. The third-order valence-corrected chi connectivity index (χ3v) is 3.19. The SMILES string of the molecule is Cc1c(Nc2ccc(C(F)(F)F)cc2C(=O)O)ccc(F)c1F. The number of anilines is 2. The van der Waals surface area contributed by atoms with Gasteiger partial charge in [-0.1, -0.05) is 0 Å². The highest BCUT2D eigenvalue weighted by Gasteiger charge is 2.31. The van der Waals surface area contributed by atoms with Crippen molar-refractivity contribution in [3.8, 4) is 0 Å². The third kappa shape index (κ3) is 3.41. The summed E-state index contributed by atoms with van der Waals surface area (Å²) in [6, 6.07) is 4.09. The van der Waals surface area contributed by atoms with Crippen LogP contribution in [0.4, 0.5) is 33.3 Å². The number of rotatable bonds is 3. The molecule has 0 aromatic heterocycles. The van der Waals surface area contributed by atoms with E-state index >= 15 is 0 Å². The molecular weight excluding hydrogens is 321 g/mol. The van der Waals surface area contributed by atoms with E-state index in [0.29, 0.717) is 12.1 Å². The second-order valence-corrected chi connectivity index (χ2v) is 4.72. The van der Waals surface area contributed by atoms with Crippen LogP contribution < -0.4 is 5.32 Å². The maximum atomic E-state index is 13.5. The Balaban J connectivity index is 2.48. The Hall–Kier alpha value is -2.64. The molecule has 0 aliphatic carbocycles. The lowest BCUT2D eigenvalue weighted by Crippen LogP contribution is -2.10. The molecule has 0 amide bonds. The average molecular weight is 331 g/mol. The monoisotopic (exact) mass is 331 g/mol. The Morgan fingerprint density at radius 2 is 1.70 bits per heavy atom. The smallest absolute Gasteiger partial charge is 0.416 e. The van der Waals surface area contributed by atoms with Gasteiger partial charge in [0.2, 0.25) is 0 Å². The van der Waals surface area contributed by atoms with Crippen molar-refractivity contribution in [1.29, 1.82) is 0 Å². The Bertz CT molecular complexity index is 771. The molecule has 2 aromatic carbocycles. The van der Waals surface area contributed by atoms with E-state index in [1.165, 1.54) is 6.92 Å². The maximum Gasteiger partial charge on any atom is 0.416 e. The molecule has 0 unspecified atom stereocenters. The van der Waals surface area contributed by atoms with Gasteiger partial charge in [0.15, 0.2) is 11.6 Å². The van der Waals surface area contributed by atoms with E-state index in [2.05, 4.69) is 5.32 Å². The lowest BCUT2D eigenvalue weighted by molar-refractivity contribution is -0.137. The van der Waals surface area contributed by atoms with Crippen LogP contribution in [0, 0.1) is 18.6 Å². The van der Waals surface area contributed by atoms with Gasteiger partial charge in [-0.15, -0.1) is 0 Å². The summed E-state index contributed by atoms with van der Waals surface area (Å²) in [5.74, 6) is -3.79. The topological polar surface area (TPSA) is 49.3 Å². The summed E-state index contributed by atoms with van der Waals surface area (Å²) in [4.78, 5) is 11.2. The molecule has 122 valence electrons. The van der Waals surface area contributed by atoms with Crippen molar-refractivity contribution in [1.82, 2.24) is 0 Å². The van der Waals surface area contributed by atoms with Crippen molar-refractivity contribution in [2.45, 2.75) is 13.1 Å². The van der Waals surface area contributed by atoms with Crippen molar-refractivity contribution in [3.63, 3.8) is 0 Å². The highest BCUT2D eigenvalue weighted by Crippen LogP contribution is 2.33. The second kappa shape index (κ2) is 5.86. The maximum absolute atomic E-state index is 13.5. The summed E-state index contributed by atoms with van der Waals surface area (Å²) in [5.41, 5.74) is -2.00. The molecule has 0 aliphatic heterocycles. The molecule has 2 rings (SSSR count). The fourth-order valence-corrected chi connectivity index (χ4v) is 1.94. The van der Waals surface area contributed by atoms with Gasteiger partial charge in [0.05, 0.1) is 16.8 Å². The van der Waals surface area contributed by atoms with Gasteiger partial charge in [-0.2, -0.15) is 13.2 Å². The first-order valence-electron chi connectivity index (χ1n) is 6.27. The normalized spacial score (nSPS) is 11.4. The van der Waals surface area contributed by atoms with Crippen molar-refractivity contribution in [2.24, 2.45) is 0 Å². The summed E-state index contributed by atoms with van der Waals surface area (Å²) < 4.78 is 64.5. The number of alkyl halides is 3. The van der Waals surface area contributed by atoms with Gasteiger partial charge in [0, 0.05) is 11.3 Å². The molecule has 23 heavy (non-hydrogen) atoms. The van der Waals surface area contributed by atoms with E-state index in [1.54, 1.807) is 0 Å². The van der Waals surface area contributed by atoms with Crippen LogP contribution in [0.1, 0.15) is 21.5 Å². The molecule has 0 aliphatic rings. The summed E-state index contributed by atoms with van der Waals surface area (Å²) in [6.45, 7) is 1.26. The molecule has 0 saturated carbocycles. The van der Waals surface area contributed by atoms with Gasteiger partial charge in [0.25, 0.3) is 0 Å². The summed E-state index contributed by atoms with van der Waals surface area (Å²) >= 11 is 0. The summed E-state index contributed by atoms with van der Waals surface area (Å²) in [7, 11) is 0. The van der Waals surface area contributed by atoms with Crippen LogP contribution in [0.5, 0.6) is 0 Å². The van der Waals surface area contributed by atoms with Crippen LogP contribution in [0.25, 0.3) is 0 Å². The minimum atomic E-state index is -4.69. The van der Waals surface area contributed by atoms with Gasteiger partial charge >= 0.3 is 12.1 Å². The molecule has 0 heterocycles. The molecule has 0 radical (unpaired) electrons. The molecule has 2 N–H and O–H groups in total. The van der Waals surface area contributed by atoms with Gasteiger partial charge < -0.3 is 10.4 Å². The number of halogens is 5.